The number of halogens is 3. The van der Waals surface area contributed by atoms with Crippen LogP contribution in [0.4, 0.5) is 18.9 Å². The van der Waals surface area contributed by atoms with Gasteiger partial charge < -0.3 is 37.0 Å². The molecule has 18 heteroatoms. The van der Waals surface area contributed by atoms with Crippen LogP contribution in [0.15, 0.2) is 42.5 Å². The summed E-state index contributed by atoms with van der Waals surface area (Å²) in [5, 5.41) is 18.5. The molecule has 4 amide bonds. The highest BCUT2D eigenvalue weighted by Gasteiger charge is 2.39. The molecule has 0 bridgehead atoms. The fourth-order valence-electron chi connectivity index (χ4n) is 5.93. The number of fused-ring (bicyclic) bond motifs is 2. The molecule has 0 unspecified atom stereocenters. The van der Waals surface area contributed by atoms with E-state index in [0.717, 1.165) is 0 Å². The van der Waals surface area contributed by atoms with Crippen molar-refractivity contribution < 1.29 is 51.8 Å². The van der Waals surface area contributed by atoms with E-state index in [0.29, 0.717) is 79.0 Å². The topological polar surface area (TPSA) is 217 Å². The number of carboxylic acids is 1. The molecule has 294 valence electrons. The number of carbonyl (C=O) groups excluding carboxylic acids is 6. The van der Waals surface area contributed by atoms with Crippen molar-refractivity contribution in [3.05, 3.63) is 64.7 Å². The Morgan fingerprint density at radius 2 is 1.59 bits per heavy atom. The molecule has 1 heterocycles. The first-order chi connectivity index (χ1) is 25.5. The largest absolute Gasteiger partial charge is 0.490 e. The SMILES string of the molecule is CSC[C@H](N)C(=O)NCC(=O)N[C@@H](CC(C)C)C(=O)N1CCC[C@H]1C(=O)NCCCNc1cccc2c1C(=O)c1ccccc1C2=O.O=C(O)C(F)(F)F. The monoisotopic (exact) mass is 778 g/mol. The number of nitrogens with zero attached hydrogens (tertiary/aromatic N) is 1. The van der Waals surface area contributed by atoms with Crippen LogP contribution >= 0.6 is 11.8 Å². The van der Waals surface area contributed by atoms with Gasteiger partial charge in [0.1, 0.15) is 12.1 Å². The van der Waals surface area contributed by atoms with Gasteiger partial charge in [0.15, 0.2) is 11.6 Å². The number of ketones is 2. The van der Waals surface area contributed by atoms with Gasteiger partial charge in [0.05, 0.1) is 18.2 Å². The van der Waals surface area contributed by atoms with Gasteiger partial charge in [0, 0.05) is 47.8 Å². The smallest absolute Gasteiger partial charge is 0.475 e. The van der Waals surface area contributed by atoms with E-state index in [4.69, 9.17) is 15.6 Å². The molecular formula is C36H45F3N6O8S. The number of benzene rings is 2. The second-order valence-electron chi connectivity index (χ2n) is 13.0. The Morgan fingerprint density at radius 3 is 2.20 bits per heavy atom. The van der Waals surface area contributed by atoms with Crippen molar-refractivity contribution in [3.8, 4) is 0 Å². The molecule has 1 saturated heterocycles. The van der Waals surface area contributed by atoms with Gasteiger partial charge in [-0.15, -0.1) is 0 Å². The van der Waals surface area contributed by atoms with Crippen LogP contribution in [0.3, 0.4) is 0 Å². The first-order valence-corrected chi connectivity index (χ1v) is 18.6. The predicted molar refractivity (Wildman–Crippen MR) is 195 cm³/mol. The molecule has 1 aliphatic heterocycles. The molecule has 2 aromatic carbocycles. The average molecular weight is 779 g/mol. The Hall–Kier alpha value is -4.97. The number of carbonyl (C=O) groups is 7. The molecule has 3 atom stereocenters. The van der Waals surface area contributed by atoms with Crippen LogP contribution in [-0.4, -0.2) is 114 Å². The molecule has 1 aliphatic carbocycles. The van der Waals surface area contributed by atoms with E-state index in [9.17, 15) is 41.9 Å². The highest BCUT2D eigenvalue weighted by molar-refractivity contribution is 7.98. The van der Waals surface area contributed by atoms with Gasteiger partial charge in [0.2, 0.25) is 23.6 Å². The molecule has 2 aliphatic rings. The zero-order valence-electron chi connectivity index (χ0n) is 30.1. The lowest BCUT2D eigenvalue weighted by Gasteiger charge is -2.29. The second kappa shape index (κ2) is 19.9. The Kier molecular flexibility index (Phi) is 16.0. The predicted octanol–water partition coefficient (Wildman–Crippen LogP) is 2.34. The van der Waals surface area contributed by atoms with Crippen molar-refractivity contribution in [1.29, 1.82) is 0 Å². The number of nitrogens with one attached hydrogen (secondary N) is 4. The van der Waals surface area contributed by atoms with Crippen LogP contribution in [-0.2, 0) is 24.0 Å². The summed E-state index contributed by atoms with van der Waals surface area (Å²) in [4.78, 5) is 88.2. The summed E-state index contributed by atoms with van der Waals surface area (Å²) < 4.78 is 31.7. The Labute approximate surface area is 314 Å². The number of hydrogen-bond donors (Lipinski definition) is 6. The minimum absolute atomic E-state index is 0.0922. The van der Waals surface area contributed by atoms with Gasteiger partial charge in [-0.25, -0.2) is 4.79 Å². The van der Waals surface area contributed by atoms with Gasteiger partial charge in [-0.05, 0) is 43.9 Å². The number of aliphatic carboxylic acids is 1. The van der Waals surface area contributed by atoms with Gasteiger partial charge in [-0.2, -0.15) is 24.9 Å². The average Bonchev–Trinajstić information content (AvgIpc) is 3.62. The summed E-state index contributed by atoms with van der Waals surface area (Å²) in [5.74, 6) is -4.17. The van der Waals surface area contributed by atoms with Crippen LogP contribution in [0.25, 0.3) is 0 Å². The third-order valence-electron chi connectivity index (χ3n) is 8.45. The maximum atomic E-state index is 13.6. The third-order valence-corrected chi connectivity index (χ3v) is 9.14. The summed E-state index contributed by atoms with van der Waals surface area (Å²) in [6.07, 6.45) is -1.17. The molecule has 1 fully saturated rings. The lowest BCUT2D eigenvalue weighted by Crippen LogP contribution is -2.55. The number of anilines is 1. The van der Waals surface area contributed by atoms with Gasteiger partial charge in [-0.3, -0.25) is 28.8 Å². The normalized spacial score (nSPS) is 15.9. The highest BCUT2D eigenvalue weighted by atomic mass is 32.2. The summed E-state index contributed by atoms with van der Waals surface area (Å²) in [5.41, 5.74) is 7.86. The molecule has 14 nitrogen and oxygen atoms in total. The first-order valence-electron chi connectivity index (χ1n) is 17.2. The van der Waals surface area contributed by atoms with Crippen molar-refractivity contribution in [1.82, 2.24) is 20.9 Å². The fourth-order valence-corrected chi connectivity index (χ4v) is 6.44. The van der Waals surface area contributed by atoms with E-state index >= 15 is 0 Å². The first kappa shape index (κ1) is 43.4. The van der Waals surface area contributed by atoms with Crippen molar-refractivity contribution in [2.45, 2.75) is 63.8 Å². The molecule has 7 N–H and O–H groups in total. The van der Waals surface area contributed by atoms with Crippen molar-refractivity contribution in [2.24, 2.45) is 11.7 Å². The number of carboxylic acid groups (broad SMARTS) is 1. The minimum atomic E-state index is -5.08. The number of amides is 4. The number of hydrogen-bond acceptors (Lipinski definition) is 10. The standard InChI is InChI=1S/C34H44N6O6S.C2HF3O2/c1-20(2)17-26(39-28(41)18-38-32(44)24(35)19-47-3)34(46)40-16-7-13-27(40)33(45)37-15-8-14-36-25-12-6-11-23-29(25)31(43)22-10-5-4-9-21(22)30(23)42;3-2(4,5)1(6)7/h4-6,9-12,20,24,26-27,36H,7-8,13-19,35H2,1-3H3,(H,37,45)(H,38,44)(H,39,41);(H,6,7)/t24-,26-,27-;/m0./s1. The van der Waals surface area contributed by atoms with Crippen molar-refractivity contribution >= 4 is 58.6 Å². The van der Waals surface area contributed by atoms with Gasteiger partial charge in [-0.1, -0.05) is 50.2 Å². The molecule has 0 spiro atoms. The summed E-state index contributed by atoms with van der Waals surface area (Å²) >= 11 is 1.43. The summed E-state index contributed by atoms with van der Waals surface area (Å²) in [7, 11) is 0. The Morgan fingerprint density at radius 1 is 0.963 bits per heavy atom. The highest BCUT2D eigenvalue weighted by Crippen LogP contribution is 2.32. The van der Waals surface area contributed by atoms with Crippen molar-refractivity contribution in [2.75, 3.05) is 43.5 Å². The number of likely N-dealkylation sites (tertiary alicyclic amines) is 1. The zero-order valence-corrected chi connectivity index (χ0v) is 30.9. The Balaban J connectivity index is 0.00000102. The van der Waals surface area contributed by atoms with Crippen LogP contribution < -0.4 is 27.0 Å². The summed E-state index contributed by atoms with van der Waals surface area (Å²) in [6, 6.07) is 9.72. The number of thioether (sulfide) groups is 1. The fraction of sp³-hybridized carbons (Fsp3) is 0.472. The van der Waals surface area contributed by atoms with E-state index in [2.05, 4.69) is 21.3 Å². The maximum Gasteiger partial charge on any atom is 0.490 e. The lowest BCUT2D eigenvalue weighted by atomic mass is 9.83. The minimum Gasteiger partial charge on any atom is -0.475 e. The number of nitrogens with two attached hydrogens (primary N) is 1. The van der Waals surface area contributed by atoms with E-state index in [-0.39, 0.29) is 35.8 Å². The van der Waals surface area contributed by atoms with Crippen LogP contribution in [0.2, 0.25) is 0 Å². The lowest BCUT2D eigenvalue weighted by molar-refractivity contribution is -0.192. The van der Waals surface area contributed by atoms with E-state index < -0.39 is 42.1 Å². The van der Waals surface area contributed by atoms with Gasteiger partial charge in [0.25, 0.3) is 0 Å². The van der Waals surface area contributed by atoms with Crippen LogP contribution in [0, 0.1) is 5.92 Å². The molecule has 0 aromatic heterocycles. The second-order valence-corrected chi connectivity index (χ2v) is 13.9. The molecule has 0 saturated carbocycles. The molecule has 4 rings (SSSR count). The summed E-state index contributed by atoms with van der Waals surface area (Å²) in [6.45, 7) is 4.75. The number of alkyl halides is 3. The molecular weight excluding hydrogens is 733 g/mol. The molecule has 0 radical (unpaired) electrons. The van der Waals surface area contributed by atoms with E-state index in [1.807, 2.05) is 20.1 Å². The molecule has 54 heavy (non-hydrogen) atoms. The van der Waals surface area contributed by atoms with E-state index in [1.165, 1.54) is 16.7 Å². The Bertz CT molecular complexity index is 1720. The quantitative estimate of drug-likeness (QED) is 0.123. The number of rotatable bonds is 15. The van der Waals surface area contributed by atoms with E-state index in [1.54, 1.807) is 42.5 Å². The molecule has 2 aromatic rings. The third kappa shape index (κ3) is 11.8. The zero-order chi connectivity index (χ0) is 40.2. The van der Waals surface area contributed by atoms with Crippen molar-refractivity contribution in [3.63, 3.8) is 0 Å². The van der Waals surface area contributed by atoms with Crippen LogP contribution in [0.5, 0.6) is 0 Å². The van der Waals surface area contributed by atoms with Crippen LogP contribution in [0.1, 0.15) is 71.4 Å². The van der Waals surface area contributed by atoms with Gasteiger partial charge >= 0.3 is 12.1 Å². The maximum absolute atomic E-state index is 13.6.